The van der Waals surface area contributed by atoms with Crippen LogP contribution in [0.5, 0.6) is 0 Å². The molecular formula is C25H40N4O. The van der Waals surface area contributed by atoms with Gasteiger partial charge >= 0.3 is 0 Å². The van der Waals surface area contributed by atoms with E-state index in [2.05, 4.69) is 65.3 Å². The monoisotopic (exact) mass is 412 g/mol. The number of anilines is 2. The second-order valence-corrected chi connectivity index (χ2v) is 10.0. The minimum atomic E-state index is 0.172. The van der Waals surface area contributed by atoms with E-state index in [0.717, 1.165) is 37.5 Å². The lowest BCUT2D eigenvalue weighted by Gasteiger charge is -2.38. The maximum Gasteiger partial charge on any atom is 0.227 e. The van der Waals surface area contributed by atoms with Gasteiger partial charge in [-0.05, 0) is 95.8 Å². The fourth-order valence-electron chi connectivity index (χ4n) is 6.00. The molecule has 3 aliphatic heterocycles. The normalized spacial score (nSPS) is 27.6. The van der Waals surface area contributed by atoms with E-state index in [1.807, 2.05) is 0 Å². The van der Waals surface area contributed by atoms with Crippen molar-refractivity contribution in [3.8, 4) is 0 Å². The van der Waals surface area contributed by atoms with Gasteiger partial charge in [-0.15, -0.1) is 0 Å². The average Bonchev–Trinajstić information content (AvgIpc) is 2.96. The molecule has 0 aromatic heterocycles. The minimum absolute atomic E-state index is 0.172. The molecule has 0 saturated carbocycles. The predicted octanol–water partition coefficient (Wildman–Crippen LogP) is 4.06. The second kappa shape index (κ2) is 9.69. The summed E-state index contributed by atoms with van der Waals surface area (Å²) in [5, 5.41) is 3.20. The van der Waals surface area contributed by atoms with E-state index >= 15 is 0 Å². The molecule has 0 aliphatic carbocycles. The molecule has 1 aromatic rings. The number of benzene rings is 1. The Bertz CT molecular complexity index is 682. The van der Waals surface area contributed by atoms with E-state index in [0.29, 0.717) is 12.1 Å². The number of rotatable bonds is 7. The van der Waals surface area contributed by atoms with Crippen LogP contribution in [0.15, 0.2) is 24.3 Å². The molecular weight excluding hydrogens is 372 g/mol. The van der Waals surface area contributed by atoms with E-state index in [9.17, 15) is 4.79 Å². The summed E-state index contributed by atoms with van der Waals surface area (Å²) in [5.41, 5.74) is 2.22. The molecule has 5 nitrogen and oxygen atoms in total. The number of piperidine rings is 2. The molecule has 1 N–H and O–H groups in total. The van der Waals surface area contributed by atoms with Crippen molar-refractivity contribution in [1.82, 2.24) is 9.80 Å². The lowest BCUT2D eigenvalue weighted by Crippen LogP contribution is -2.45. The summed E-state index contributed by atoms with van der Waals surface area (Å²) in [7, 11) is 4.33. The number of hydrogen-bond donors (Lipinski definition) is 1. The van der Waals surface area contributed by atoms with E-state index in [-0.39, 0.29) is 11.8 Å². The number of carbonyl (C=O) groups excluding carboxylic acids is 1. The first-order valence-corrected chi connectivity index (χ1v) is 12.1. The molecule has 2 atom stereocenters. The number of carbonyl (C=O) groups is 1. The summed E-state index contributed by atoms with van der Waals surface area (Å²) in [5.74, 6) is 1.21. The number of fused-ring (bicyclic) bond motifs is 2. The molecule has 166 valence electrons. The molecule has 0 spiro atoms. The van der Waals surface area contributed by atoms with Gasteiger partial charge in [-0.1, -0.05) is 6.92 Å². The largest absolute Gasteiger partial charge is 0.372 e. The van der Waals surface area contributed by atoms with Crippen LogP contribution in [0.3, 0.4) is 0 Å². The highest BCUT2D eigenvalue weighted by atomic mass is 16.1. The molecule has 3 fully saturated rings. The molecule has 2 unspecified atom stereocenters. The fourth-order valence-corrected chi connectivity index (χ4v) is 6.00. The summed E-state index contributed by atoms with van der Waals surface area (Å²) >= 11 is 0. The highest BCUT2D eigenvalue weighted by molar-refractivity contribution is 5.92. The van der Waals surface area contributed by atoms with E-state index < -0.39 is 0 Å². The summed E-state index contributed by atoms with van der Waals surface area (Å²) in [6, 6.07) is 9.76. The van der Waals surface area contributed by atoms with Crippen LogP contribution in [0, 0.1) is 11.8 Å². The third-order valence-corrected chi connectivity index (χ3v) is 7.47. The van der Waals surface area contributed by atoms with Crippen LogP contribution >= 0.6 is 0 Å². The zero-order valence-electron chi connectivity index (χ0n) is 19.1. The minimum Gasteiger partial charge on any atom is -0.372 e. The van der Waals surface area contributed by atoms with Gasteiger partial charge in [0.15, 0.2) is 0 Å². The lowest BCUT2D eigenvalue weighted by molar-refractivity contribution is -0.122. The third kappa shape index (κ3) is 5.00. The van der Waals surface area contributed by atoms with Gasteiger partial charge in [0.05, 0.1) is 0 Å². The number of amides is 1. The van der Waals surface area contributed by atoms with E-state index in [4.69, 9.17) is 0 Å². The first-order valence-electron chi connectivity index (χ1n) is 12.1. The van der Waals surface area contributed by atoms with Gasteiger partial charge in [-0.3, -0.25) is 9.69 Å². The Morgan fingerprint density at radius 1 is 1.03 bits per heavy atom. The summed E-state index contributed by atoms with van der Waals surface area (Å²) in [6.45, 7) is 6.90. The quantitative estimate of drug-likeness (QED) is 0.733. The van der Waals surface area contributed by atoms with Gasteiger partial charge < -0.3 is 15.1 Å². The van der Waals surface area contributed by atoms with Crippen molar-refractivity contribution in [2.75, 3.05) is 50.5 Å². The SMILES string of the molecule is CCCN1C2CCC1CC(C(=O)Nc1ccc(N3CCC(CN(C)C)CC3)cc1)C2. The van der Waals surface area contributed by atoms with Gasteiger partial charge in [-0.2, -0.15) is 0 Å². The van der Waals surface area contributed by atoms with Crippen LogP contribution in [-0.2, 0) is 4.79 Å². The average molecular weight is 413 g/mol. The molecule has 30 heavy (non-hydrogen) atoms. The Hall–Kier alpha value is -1.59. The standard InChI is InChI=1S/C25H40N4O/c1-4-13-29-23-9-10-24(29)17-20(16-23)25(30)26-21-5-7-22(8-6-21)28-14-11-19(12-15-28)18-27(2)3/h5-8,19-20,23-24H,4,9-18H2,1-3H3,(H,26,30). The fraction of sp³-hybridized carbons (Fsp3) is 0.720. The van der Waals surface area contributed by atoms with Gasteiger partial charge in [0.25, 0.3) is 0 Å². The Morgan fingerprint density at radius 2 is 1.67 bits per heavy atom. The third-order valence-electron chi connectivity index (χ3n) is 7.47. The zero-order valence-corrected chi connectivity index (χ0v) is 19.1. The second-order valence-electron chi connectivity index (χ2n) is 10.0. The van der Waals surface area contributed by atoms with Crippen LogP contribution in [0.25, 0.3) is 0 Å². The first kappa shape index (κ1) is 21.6. The van der Waals surface area contributed by atoms with Crippen LogP contribution in [-0.4, -0.2) is 68.1 Å². The number of nitrogens with zero attached hydrogens (tertiary/aromatic N) is 3. The Kier molecular flexibility index (Phi) is 6.99. The van der Waals surface area contributed by atoms with Crippen LogP contribution < -0.4 is 10.2 Å². The maximum absolute atomic E-state index is 12.9. The Balaban J connectivity index is 1.28. The van der Waals surface area contributed by atoms with Crippen molar-refractivity contribution in [3.63, 3.8) is 0 Å². The maximum atomic E-state index is 12.9. The van der Waals surface area contributed by atoms with Crippen molar-refractivity contribution in [1.29, 1.82) is 0 Å². The molecule has 0 radical (unpaired) electrons. The number of nitrogens with one attached hydrogen (secondary N) is 1. The Labute approximate surface area is 182 Å². The van der Waals surface area contributed by atoms with Crippen molar-refractivity contribution >= 4 is 17.3 Å². The van der Waals surface area contributed by atoms with Gasteiger partial charge in [-0.25, -0.2) is 0 Å². The highest BCUT2D eigenvalue weighted by Crippen LogP contribution is 2.39. The van der Waals surface area contributed by atoms with E-state index in [1.165, 1.54) is 50.9 Å². The van der Waals surface area contributed by atoms with Crippen molar-refractivity contribution < 1.29 is 4.79 Å². The molecule has 4 rings (SSSR count). The topological polar surface area (TPSA) is 38.8 Å². The Morgan fingerprint density at radius 3 is 2.23 bits per heavy atom. The van der Waals surface area contributed by atoms with E-state index in [1.54, 1.807) is 0 Å². The molecule has 2 bridgehead atoms. The molecule has 5 heteroatoms. The number of hydrogen-bond acceptors (Lipinski definition) is 4. The van der Waals surface area contributed by atoms with Crippen LogP contribution in [0.1, 0.15) is 51.9 Å². The molecule has 3 heterocycles. The van der Waals surface area contributed by atoms with Crippen molar-refractivity contribution in [3.05, 3.63) is 24.3 Å². The van der Waals surface area contributed by atoms with Gasteiger partial charge in [0.1, 0.15) is 0 Å². The van der Waals surface area contributed by atoms with Crippen LogP contribution in [0.2, 0.25) is 0 Å². The predicted molar refractivity (Wildman–Crippen MR) is 125 cm³/mol. The highest BCUT2D eigenvalue weighted by Gasteiger charge is 2.42. The van der Waals surface area contributed by atoms with Gasteiger partial charge in [0.2, 0.25) is 5.91 Å². The molecule has 1 aromatic carbocycles. The molecule has 1 amide bonds. The zero-order chi connectivity index (χ0) is 21.1. The molecule has 3 aliphatic rings. The van der Waals surface area contributed by atoms with Gasteiger partial charge in [0, 0.05) is 49.0 Å². The summed E-state index contributed by atoms with van der Waals surface area (Å²) < 4.78 is 0. The summed E-state index contributed by atoms with van der Waals surface area (Å²) in [4.78, 5) is 20.4. The first-order chi connectivity index (χ1) is 14.5. The smallest absolute Gasteiger partial charge is 0.227 e. The summed E-state index contributed by atoms with van der Waals surface area (Å²) in [6.07, 6.45) is 8.34. The van der Waals surface area contributed by atoms with Crippen molar-refractivity contribution in [2.45, 2.75) is 64.0 Å². The lowest BCUT2D eigenvalue weighted by atomic mass is 9.89. The van der Waals surface area contributed by atoms with Crippen LogP contribution in [0.4, 0.5) is 11.4 Å². The van der Waals surface area contributed by atoms with Crippen molar-refractivity contribution in [2.24, 2.45) is 11.8 Å². The molecule has 3 saturated heterocycles.